The summed E-state index contributed by atoms with van der Waals surface area (Å²) < 4.78 is 13.2. The highest BCUT2D eigenvalue weighted by Crippen LogP contribution is 2.44. The minimum atomic E-state index is -0.441. The molecule has 3 rings (SSSR count). The first-order valence-corrected chi connectivity index (χ1v) is 5.11. The van der Waals surface area contributed by atoms with Crippen LogP contribution in [0.5, 0.6) is 0 Å². The molecule has 1 heterocycles. The summed E-state index contributed by atoms with van der Waals surface area (Å²) in [6.07, 6.45) is 1.71. The Morgan fingerprint density at radius 3 is 2.69 bits per heavy atom. The van der Waals surface area contributed by atoms with E-state index in [2.05, 4.69) is 9.97 Å². The molecule has 16 heavy (non-hydrogen) atoms. The maximum Gasteiger partial charge on any atom is 0.220 e. The Kier molecular flexibility index (Phi) is 1.71. The Balaban J connectivity index is 2.36. The van der Waals surface area contributed by atoms with Crippen LogP contribution in [-0.4, -0.2) is 9.97 Å². The number of nitrogens with two attached hydrogens (primary N) is 2. The molecule has 0 saturated heterocycles. The first kappa shape index (κ1) is 9.47. The van der Waals surface area contributed by atoms with Gasteiger partial charge in [0.15, 0.2) is 0 Å². The summed E-state index contributed by atoms with van der Waals surface area (Å²) in [5, 5.41) is 0.661. The molecule has 0 unspecified atom stereocenters. The van der Waals surface area contributed by atoms with Crippen LogP contribution >= 0.6 is 0 Å². The molecule has 0 radical (unpaired) electrons. The smallest absolute Gasteiger partial charge is 0.220 e. The van der Waals surface area contributed by atoms with E-state index in [1.807, 2.05) is 0 Å². The quantitative estimate of drug-likeness (QED) is 0.756. The summed E-state index contributed by atoms with van der Waals surface area (Å²) in [4.78, 5) is 8.21. The van der Waals surface area contributed by atoms with Crippen molar-refractivity contribution in [2.75, 3.05) is 5.73 Å². The van der Waals surface area contributed by atoms with Gasteiger partial charge in [0.25, 0.3) is 0 Å². The van der Waals surface area contributed by atoms with Gasteiger partial charge in [0, 0.05) is 5.39 Å². The SMILES string of the molecule is Nc1nc(C2(N)CC2)c2cc(F)ccc2n1. The number of fused-ring (bicyclic) bond motifs is 1. The minimum Gasteiger partial charge on any atom is -0.368 e. The molecule has 1 fully saturated rings. The fourth-order valence-corrected chi connectivity index (χ4v) is 1.87. The van der Waals surface area contributed by atoms with E-state index in [1.165, 1.54) is 12.1 Å². The fourth-order valence-electron chi connectivity index (χ4n) is 1.87. The van der Waals surface area contributed by atoms with Crippen molar-refractivity contribution in [3.8, 4) is 0 Å². The lowest BCUT2D eigenvalue weighted by Crippen LogP contribution is -2.21. The summed E-state index contributed by atoms with van der Waals surface area (Å²) in [7, 11) is 0. The van der Waals surface area contributed by atoms with Crippen molar-refractivity contribution in [3.63, 3.8) is 0 Å². The first-order chi connectivity index (χ1) is 7.58. The number of rotatable bonds is 1. The van der Waals surface area contributed by atoms with Gasteiger partial charge in [-0.1, -0.05) is 0 Å². The van der Waals surface area contributed by atoms with Crippen molar-refractivity contribution in [1.29, 1.82) is 0 Å². The highest BCUT2D eigenvalue weighted by molar-refractivity contribution is 5.83. The molecular formula is C11H11FN4. The lowest BCUT2D eigenvalue weighted by Gasteiger charge is -2.11. The molecule has 0 bridgehead atoms. The maximum atomic E-state index is 13.2. The Morgan fingerprint density at radius 2 is 2.00 bits per heavy atom. The van der Waals surface area contributed by atoms with Gasteiger partial charge in [-0.2, -0.15) is 0 Å². The largest absolute Gasteiger partial charge is 0.368 e. The summed E-state index contributed by atoms with van der Waals surface area (Å²) >= 11 is 0. The average Bonchev–Trinajstić information content (AvgIpc) is 2.97. The second kappa shape index (κ2) is 2.89. The topological polar surface area (TPSA) is 77.8 Å². The van der Waals surface area contributed by atoms with Crippen molar-refractivity contribution in [2.24, 2.45) is 5.73 Å². The molecule has 4 N–H and O–H groups in total. The summed E-state index contributed by atoms with van der Waals surface area (Å²) in [5.74, 6) is -0.128. The average molecular weight is 218 g/mol. The summed E-state index contributed by atoms with van der Waals surface area (Å²) in [5.41, 5.74) is 12.6. The van der Waals surface area contributed by atoms with Crippen LogP contribution in [0.4, 0.5) is 10.3 Å². The van der Waals surface area contributed by atoms with Crippen LogP contribution in [0.1, 0.15) is 18.5 Å². The van der Waals surface area contributed by atoms with Gasteiger partial charge in [0.2, 0.25) is 5.95 Å². The molecule has 1 aromatic heterocycles. The number of nitrogen functional groups attached to an aromatic ring is 1. The van der Waals surface area contributed by atoms with Crippen LogP contribution in [0, 0.1) is 5.82 Å². The molecule has 1 aliphatic rings. The minimum absolute atomic E-state index is 0.186. The summed E-state index contributed by atoms with van der Waals surface area (Å²) in [6.45, 7) is 0. The Hall–Kier alpha value is -1.75. The molecule has 1 aliphatic carbocycles. The van der Waals surface area contributed by atoms with E-state index >= 15 is 0 Å². The Morgan fingerprint density at radius 1 is 1.25 bits per heavy atom. The van der Waals surface area contributed by atoms with Gasteiger partial charge in [-0.05, 0) is 31.0 Å². The number of nitrogens with zero attached hydrogens (tertiary/aromatic N) is 2. The van der Waals surface area contributed by atoms with Crippen LogP contribution in [0.3, 0.4) is 0 Å². The molecule has 2 aromatic rings. The second-order valence-electron chi connectivity index (χ2n) is 4.25. The van der Waals surface area contributed by atoms with Crippen molar-refractivity contribution >= 4 is 16.9 Å². The van der Waals surface area contributed by atoms with Gasteiger partial charge in [0.1, 0.15) is 5.82 Å². The maximum absolute atomic E-state index is 13.2. The molecule has 0 spiro atoms. The fraction of sp³-hybridized carbons (Fsp3) is 0.273. The van der Waals surface area contributed by atoms with Gasteiger partial charge in [-0.3, -0.25) is 0 Å². The van der Waals surface area contributed by atoms with E-state index in [1.54, 1.807) is 6.07 Å². The van der Waals surface area contributed by atoms with Gasteiger partial charge >= 0.3 is 0 Å². The normalized spacial score (nSPS) is 17.6. The highest BCUT2D eigenvalue weighted by Gasteiger charge is 2.43. The predicted octanol–water partition coefficient (Wildman–Crippen LogP) is 1.30. The van der Waals surface area contributed by atoms with Crippen LogP contribution in [0.15, 0.2) is 18.2 Å². The molecule has 4 nitrogen and oxygen atoms in total. The Bertz CT molecular complexity index is 577. The lowest BCUT2D eigenvalue weighted by molar-refractivity contribution is 0.628. The number of halogens is 1. The zero-order chi connectivity index (χ0) is 11.3. The van der Waals surface area contributed by atoms with E-state index in [0.717, 1.165) is 12.8 Å². The number of hydrogen-bond acceptors (Lipinski definition) is 4. The third-order valence-corrected chi connectivity index (χ3v) is 2.94. The van der Waals surface area contributed by atoms with E-state index in [0.29, 0.717) is 16.6 Å². The van der Waals surface area contributed by atoms with E-state index < -0.39 is 5.54 Å². The van der Waals surface area contributed by atoms with Crippen molar-refractivity contribution in [1.82, 2.24) is 9.97 Å². The molecule has 0 atom stereocenters. The number of anilines is 1. The van der Waals surface area contributed by atoms with Crippen molar-refractivity contribution in [2.45, 2.75) is 18.4 Å². The van der Waals surface area contributed by atoms with Crippen molar-refractivity contribution < 1.29 is 4.39 Å². The number of aromatic nitrogens is 2. The highest BCUT2D eigenvalue weighted by atomic mass is 19.1. The van der Waals surface area contributed by atoms with Crippen molar-refractivity contribution in [3.05, 3.63) is 29.7 Å². The zero-order valence-electron chi connectivity index (χ0n) is 8.57. The zero-order valence-corrected chi connectivity index (χ0v) is 8.57. The van der Waals surface area contributed by atoms with Gasteiger partial charge in [0.05, 0.1) is 16.7 Å². The van der Waals surface area contributed by atoms with E-state index in [4.69, 9.17) is 11.5 Å². The number of hydrogen-bond donors (Lipinski definition) is 2. The van der Waals surface area contributed by atoms with Crippen LogP contribution in [-0.2, 0) is 5.54 Å². The van der Waals surface area contributed by atoms with Crippen LogP contribution < -0.4 is 11.5 Å². The molecule has 0 amide bonds. The standard InChI is InChI=1S/C11H11FN4/c12-6-1-2-8-7(5-6)9(11(14)3-4-11)16-10(13)15-8/h1-2,5H,3-4,14H2,(H2,13,15,16). The van der Waals surface area contributed by atoms with Gasteiger partial charge < -0.3 is 11.5 Å². The predicted molar refractivity (Wildman–Crippen MR) is 59.0 cm³/mol. The van der Waals surface area contributed by atoms with E-state index in [9.17, 15) is 4.39 Å². The molecule has 1 saturated carbocycles. The van der Waals surface area contributed by atoms with Crippen LogP contribution in [0.25, 0.3) is 10.9 Å². The first-order valence-electron chi connectivity index (χ1n) is 5.11. The molecule has 5 heteroatoms. The number of benzene rings is 1. The lowest BCUT2D eigenvalue weighted by atomic mass is 10.1. The van der Waals surface area contributed by atoms with Crippen LogP contribution in [0.2, 0.25) is 0 Å². The molecule has 82 valence electrons. The third-order valence-electron chi connectivity index (χ3n) is 2.94. The summed E-state index contributed by atoms with van der Waals surface area (Å²) in [6, 6.07) is 4.36. The molecule has 0 aliphatic heterocycles. The van der Waals surface area contributed by atoms with Gasteiger partial charge in [-0.25, -0.2) is 14.4 Å². The third kappa shape index (κ3) is 1.32. The molecular weight excluding hydrogens is 207 g/mol. The second-order valence-corrected chi connectivity index (χ2v) is 4.25. The monoisotopic (exact) mass is 218 g/mol. The Labute approximate surface area is 91.5 Å². The van der Waals surface area contributed by atoms with E-state index in [-0.39, 0.29) is 11.8 Å². The van der Waals surface area contributed by atoms with Gasteiger partial charge in [-0.15, -0.1) is 0 Å². The molecule has 1 aromatic carbocycles.